The number of aromatic nitrogens is 2. The molecule has 0 fully saturated rings. The third-order valence-corrected chi connectivity index (χ3v) is 3.31. The predicted molar refractivity (Wildman–Crippen MR) is 78.9 cm³/mol. The summed E-state index contributed by atoms with van der Waals surface area (Å²) in [5, 5.41) is 7.80. The van der Waals surface area contributed by atoms with Gasteiger partial charge < -0.3 is 5.32 Å². The molecule has 0 radical (unpaired) electrons. The van der Waals surface area contributed by atoms with Gasteiger partial charge >= 0.3 is 0 Å². The lowest BCUT2D eigenvalue weighted by atomic mass is 10.1. The molecular formula is C16H22FN3. The van der Waals surface area contributed by atoms with Gasteiger partial charge in [0.15, 0.2) is 0 Å². The number of nitrogens with zero attached hydrogens (tertiary/aromatic N) is 2. The quantitative estimate of drug-likeness (QED) is 0.923. The molecule has 0 aliphatic heterocycles. The molecule has 0 bridgehead atoms. The third-order valence-electron chi connectivity index (χ3n) is 3.31. The maximum atomic E-state index is 12.9. The summed E-state index contributed by atoms with van der Waals surface area (Å²) in [6.45, 7) is 9.19. The van der Waals surface area contributed by atoms with Crippen LogP contribution in [0.1, 0.15) is 44.9 Å². The highest BCUT2D eigenvalue weighted by Gasteiger charge is 2.14. The van der Waals surface area contributed by atoms with Crippen LogP contribution in [0.15, 0.2) is 36.7 Å². The number of rotatable bonds is 4. The summed E-state index contributed by atoms with van der Waals surface area (Å²) in [4.78, 5) is 0. The molecule has 20 heavy (non-hydrogen) atoms. The van der Waals surface area contributed by atoms with Crippen molar-refractivity contribution in [3.05, 3.63) is 53.6 Å². The van der Waals surface area contributed by atoms with Crippen molar-refractivity contribution in [3.8, 4) is 0 Å². The molecular weight excluding hydrogens is 253 g/mol. The molecule has 108 valence electrons. The molecule has 2 rings (SSSR count). The van der Waals surface area contributed by atoms with Crippen LogP contribution in [0.25, 0.3) is 0 Å². The first-order chi connectivity index (χ1) is 9.36. The Labute approximate surface area is 119 Å². The van der Waals surface area contributed by atoms with E-state index in [2.05, 4.69) is 44.3 Å². The summed E-state index contributed by atoms with van der Waals surface area (Å²) in [6, 6.07) is 6.78. The molecule has 0 saturated carbocycles. The summed E-state index contributed by atoms with van der Waals surface area (Å²) in [7, 11) is 0. The van der Waals surface area contributed by atoms with Crippen LogP contribution in [-0.2, 0) is 12.1 Å². The Kier molecular flexibility index (Phi) is 4.23. The van der Waals surface area contributed by atoms with E-state index in [-0.39, 0.29) is 17.4 Å². The molecule has 1 aromatic heterocycles. The fourth-order valence-electron chi connectivity index (χ4n) is 1.96. The van der Waals surface area contributed by atoms with Crippen LogP contribution < -0.4 is 5.32 Å². The second-order valence-corrected chi connectivity index (χ2v) is 6.12. The van der Waals surface area contributed by atoms with E-state index >= 15 is 0 Å². The third kappa shape index (κ3) is 3.67. The Bertz CT molecular complexity index is 552. The molecule has 1 N–H and O–H groups in total. The van der Waals surface area contributed by atoms with Gasteiger partial charge in [-0.15, -0.1) is 0 Å². The molecule has 1 heterocycles. The monoisotopic (exact) mass is 275 g/mol. The lowest BCUT2D eigenvalue weighted by Crippen LogP contribution is -2.22. The van der Waals surface area contributed by atoms with Gasteiger partial charge in [-0.1, -0.05) is 12.1 Å². The van der Waals surface area contributed by atoms with Crippen molar-refractivity contribution in [1.29, 1.82) is 0 Å². The Morgan fingerprint density at radius 2 is 1.90 bits per heavy atom. The first-order valence-corrected chi connectivity index (χ1v) is 6.89. The highest BCUT2D eigenvalue weighted by atomic mass is 19.1. The van der Waals surface area contributed by atoms with Crippen molar-refractivity contribution in [2.45, 2.75) is 45.8 Å². The highest BCUT2D eigenvalue weighted by Crippen LogP contribution is 2.15. The van der Waals surface area contributed by atoms with Gasteiger partial charge in [0.25, 0.3) is 0 Å². The van der Waals surface area contributed by atoms with Gasteiger partial charge in [-0.2, -0.15) is 5.10 Å². The Balaban J connectivity index is 1.95. The number of benzene rings is 1. The summed E-state index contributed by atoms with van der Waals surface area (Å²) >= 11 is 0. The fourth-order valence-corrected chi connectivity index (χ4v) is 1.96. The minimum Gasteiger partial charge on any atom is -0.306 e. The van der Waals surface area contributed by atoms with Crippen molar-refractivity contribution in [3.63, 3.8) is 0 Å². The largest absolute Gasteiger partial charge is 0.306 e. The summed E-state index contributed by atoms with van der Waals surface area (Å²) in [5.74, 6) is -0.201. The van der Waals surface area contributed by atoms with E-state index in [0.717, 1.165) is 17.7 Å². The van der Waals surface area contributed by atoms with E-state index < -0.39 is 0 Å². The molecule has 0 spiro atoms. The second-order valence-electron chi connectivity index (χ2n) is 6.12. The molecule has 3 nitrogen and oxygen atoms in total. The standard InChI is InChI=1S/C16H22FN3/c1-12(14-5-7-15(17)8-6-14)18-9-13-10-19-20(11-13)16(2,3)4/h5-8,10-12,18H,9H2,1-4H3. The molecule has 0 amide bonds. The molecule has 0 saturated heterocycles. The smallest absolute Gasteiger partial charge is 0.123 e. The fraction of sp³-hybridized carbons (Fsp3) is 0.438. The van der Waals surface area contributed by atoms with E-state index in [1.807, 2.05) is 23.0 Å². The van der Waals surface area contributed by atoms with Gasteiger partial charge in [0.05, 0.1) is 11.7 Å². The van der Waals surface area contributed by atoms with Crippen LogP contribution in [-0.4, -0.2) is 9.78 Å². The molecule has 0 aliphatic rings. The Morgan fingerprint density at radius 3 is 2.45 bits per heavy atom. The summed E-state index contributed by atoms with van der Waals surface area (Å²) in [5.41, 5.74) is 2.23. The summed E-state index contributed by atoms with van der Waals surface area (Å²) in [6.07, 6.45) is 3.94. The van der Waals surface area contributed by atoms with Crippen LogP contribution >= 0.6 is 0 Å². The molecule has 4 heteroatoms. The number of hydrogen-bond donors (Lipinski definition) is 1. The van der Waals surface area contributed by atoms with Gasteiger partial charge in [-0.05, 0) is 45.4 Å². The van der Waals surface area contributed by atoms with Gasteiger partial charge in [0.1, 0.15) is 5.82 Å². The minimum absolute atomic E-state index is 0.000816. The maximum absolute atomic E-state index is 12.9. The van der Waals surface area contributed by atoms with E-state index in [9.17, 15) is 4.39 Å². The minimum atomic E-state index is -0.201. The molecule has 1 aromatic carbocycles. The lowest BCUT2D eigenvalue weighted by molar-refractivity contribution is 0.355. The van der Waals surface area contributed by atoms with Crippen LogP contribution in [0, 0.1) is 5.82 Å². The van der Waals surface area contributed by atoms with Gasteiger partial charge in [0, 0.05) is 24.3 Å². The van der Waals surface area contributed by atoms with Crippen molar-refractivity contribution in [1.82, 2.24) is 15.1 Å². The van der Waals surface area contributed by atoms with Crippen molar-refractivity contribution in [2.24, 2.45) is 0 Å². The van der Waals surface area contributed by atoms with E-state index in [1.165, 1.54) is 12.1 Å². The zero-order valence-corrected chi connectivity index (χ0v) is 12.5. The zero-order chi connectivity index (χ0) is 14.8. The highest BCUT2D eigenvalue weighted by molar-refractivity contribution is 5.19. The summed E-state index contributed by atoms with van der Waals surface area (Å²) < 4.78 is 14.8. The van der Waals surface area contributed by atoms with E-state index in [1.54, 1.807) is 0 Å². The normalized spacial score (nSPS) is 13.4. The Morgan fingerprint density at radius 1 is 1.25 bits per heavy atom. The van der Waals surface area contributed by atoms with Crippen LogP contribution in [0.2, 0.25) is 0 Å². The van der Waals surface area contributed by atoms with Crippen LogP contribution in [0.4, 0.5) is 4.39 Å². The number of nitrogens with one attached hydrogen (secondary N) is 1. The predicted octanol–water partition coefficient (Wildman–Crippen LogP) is 3.63. The zero-order valence-electron chi connectivity index (χ0n) is 12.5. The van der Waals surface area contributed by atoms with Crippen molar-refractivity contribution >= 4 is 0 Å². The topological polar surface area (TPSA) is 29.9 Å². The van der Waals surface area contributed by atoms with Crippen LogP contribution in [0.5, 0.6) is 0 Å². The average Bonchev–Trinajstić information content (AvgIpc) is 2.85. The van der Waals surface area contributed by atoms with E-state index in [4.69, 9.17) is 0 Å². The van der Waals surface area contributed by atoms with Gasteiger partial charge in [-0.3, -0.25) is 4.68 Å². The first-order valence-electron chi connectivity index (χ1n) is 6.89. The molecule has 1 unspecified atom stereocenters. The average molecular weight is 275 g/mol. The van der Waals surface area contributed by atoms with Gasteiger partial charge in [-0.25, -0.2) is 4.39 Å². The maximum Gasteiger partial charge on any atom is 0.123 e. The second kappa shape index (κ2) is 5.75. The molecule has 0 aliphatic carbocycles. The van der Waals surface area contributed by atoms with Crippen molar-refractivity contribution in [2.75, 3.05) is 0 Å². The lowest BCUT2D eigenvalue weighted by Gasteiger charge is -2.18. The molecule has 1 atom stereocenters. The first kappa shape index (κ1) is 14.7. The Hall–Kier alpha value is -1.68. The van der Waals surface area contributed by atoms with Crippen molar-refractivity contribution < 1.29 is 4.39 Å². The number of halogens is 1. The SMILES string of the molecule is CC(NCc1cnn(C(C)(C)C)c1)c1ccc(F)cc1. The van der Waals surface area contributed by atoms with E-state index in [0.29, 0.717) is 0 Å². The van der Waals surface area contributed by atoms with Crippen LogP contribution in [0.3, 0.4) is 0 Å². The molecule has 2 aromatic rings. The number of hydrogen-bond acceptors (Lipinski definition) is 2. The van der Waals surface area contributed by atoms with Gasteiger partial charge in [0.2, 0.25) is 0 Å².